The minimum atomic E-state index is -4.42. The molecule has 57 heavy (non-hydrogen) atoms. The number of esters is 2. The number of hydrogen-bond donors (Lipinski definition) is 2. The van der Waals surface area contributed by atoms with Gasteiger partial charge < -0.3 is 24.0 Å². The lowest BCUT2D eigenvalue weighted by molar-refractivity contribution is -0.870. The predicted octanol–water partition coefficient (Wildman–Crippen LogP) is 11.4. The first-order chi connectivity index (χ1) is 27.4. The summed E-state index contributed by atoms with van der Waals surface area (Å²) in [6, 6.07) is 0. The van der Waals surface area contributed by atoms with E-state index in [1.165, 1.54) is 57.8 Å². The molecule has 0 aliphatic heterocycles. The maximum Gasteiger partial charge on any atom is 0.472 e. The Labute approximate surface area is 348 Å². The predicted molar refractivity (Wildman–Crippen MR) is 235 cm³/mol. The summed E-state index contributed by atoms with van der Waals surface area (Å²) in [7, 11) is 1.36. The molecule has 330 valence electrons. The molecule has 0 saturated carbocycles. The number of quaternary nitrogens is 1. The highest BCUT2D eigenvalue weighted by Gasteiger charge is 2.27. The molecule has 2 N–H and O–H groups in total. The van der Waals surface area contributed by atoms with Gasteiger partial charge in [-0.25, -0.2) is 4.57 Å². The Morgan fingerprint density at radius 3 is 1.81 bits per heavy atom. The molecule has 0 aromatic rings. The van der Waals surface area contributed by atoms with Crippen molar-refractivity contribution in [3.05, 3.63) is 60.8 Å². The maximum absolute atomic E-state index is 12.7. The summed E-state index contributed by atoms with van der Waals surface area (Å²) in [5.41, 5.74) is 0. The van der Waals surface area contributed by atoms with E-state index in [4.69, 9.17) is 18.5 Å². The standard InChI is InChI=1S/C46H82NO9P/c1-6-8-10-12-14-16-18-20-21-23-25-27-29-31-33-37-46(50)56-44(42-55-57(51,52)54-40-39-47(3,4)5)41-53-45(49)38-34-36-43(48)35-32-30-28-26-24-22-19-17-15-13-11-9-7-2/h15,17,20-22,24,28,30,32,35,43-44,48H,6-14,16,18-19,23,25-27,29,31,33-34,36-42H2,1-5H3/p+1/b17-15-,21-20-,24-22-,30-28-,35-32+/t43-,44-/m1/s1. The molecule has 0 radical (unpaired) electrons. The number of hydrogen-bond acceptors (Lipinski definition) is 8. The van der Waals surface area contributed by atoms with E-state index in [1.807, 2.05) is 33.3 Å². The number of aliphatic hydroxyl groups excluding tert-OH is 1. The Morgan fingerprint density at radius 1 is 0.632 bits per heavy atom. The molecule has 0 amide bonds. The van der Waals surface area contributed by atoms with E-state index in [2.05, 4.69) is 50.3 Å². The highest BCUT2D eigenvalue weighted by atomic mass is 31.2. The van der Waals surface area contributed by atoms with E-state index in [-0.39, 0.29) is 26.1 Å². The van der Waals surface area contributed by atoms with Gasteiger partial charge in [0.1, 0.15) is 19.8 Å². The second kappa shape index (κ2) is 37.9. The molecule has 0 heterocycles. The Morgan fingerprint density at radius 2 is 1.16 bits per heavy atom. The van der Waals surface area contributed by atoms with Gasteiger partial charge in [-0.05, 0) is 70.6 Å². The van der Waals surface area contributed by atoms with Gasteiger partial charge in [0.15, 0.2) is 6.10 Å². The van der Waals surface area contributed by atoms with Crippen LogP contribution in [0.4, 0.5) is 0 Å². The lowest BCUT2D eigenvalue weighted by Crippen LogP contribution is -2.37. The minimum absolute atomic E-state index is 0.00175. The largest absolute Gasteiger partial charge is 0.472 e. The Kier molecular flexibility index (Phi) is 36.4. The molecule has 0 bridgehead atoms. The van der Waals surface area contributed by atoms with Crippen molar-refractivity contribution in [1.82, 2.24) is 0 Å². The monoisotopic (exact) mass is 825 g/mol. The summed E-state index contributed by atoms with van der Waals surface area (Å²) < 4.78 is 34.1. The third-order valence-corrected chi connectivity index (χ3v) is 10.1. The van der Waals surface area contributed by atoms with Crippen LogP contribution in [0.2, 0.25) is 0 Å². The van der Waals surface area contributed by atoms with Crippen LogP contribution >= 0.6 is 7.82 Å². The number of likely N-dealkylation sites (N-methyl/N-ethyl adjacent to an activating group) is 1. The molecule has 0 saturated heterocycles. The van der Waals surface area contributed by atoms with Crippen molar-refractivity contribution in [2.24, 2.45) is 0 Å². The molecule has 0 fully saturated rings. The number of aliphatic hydroxyl groups is 1. The molecule has 1 unspecified atom stereocenters. The van der Waals surface area contributed by atoms with Crippen molar-refractivity contribution < 1.29 is 47.2 Å². The van der Waals surface area contributed by atoms with Gasteiger partial charge >= 0.3 is 19.8 Å². The Balaban J connectivity index is 4.58. The molecule has 0 aromatic carbocycles. The van der Waals surface area contributed by atoms with Crippen molar-refractivity contribution in [1.29, 1.82) is 0 Å². The normalized spacial score (nSPS) is 14.7. The summed E-state index contributed by atoms with van der Waals surface area (Å²) >= 11 is 0. The Bertz CT molecular complexity index is 1170. The van der Waals surface area contributed by atoms with Crippen LogP contribution in [0.1, 0.15) is 162 Å². The van der Waals surface area contributed by atoms with Gasteiger partial charge in [-0.15, -0.1) is 0 Å². The van der Waals surface area contributed by atoms with Crippen molar-refractivity contribution in [3.63, 3.8) is 0 Å². The smallest absolute Gasteiger partial charge is 0.462 e. The average molecular weight is 825 g/mol. The highest BCUT2D eigenvalue weighted by molar-refractivity contribution is 7.47. The van der Waals surface area contributed by atoms with Gasteiger partial charge in [-0.1, -0.05) is 139 Å². The number of ether oxygens (including phenoxy) is 2. The van der Waals surface area contributed by atoms with Gasteiger partial charge in [0.25, 0.3) is 0 Å². The van der Waals surface area contributed by atoms with Gasteiger partial charge in [0.2, 0.25) is 0 Å². The van der Waals surface area contributed by atoms with Gasteiger partial charge in [-0.3, -0.25) is 18.6 Å². The van der Waals surface area contributed by atoms with E-state index < -0.39 is 38.6 Å². The van der Waals surface area contributed by atoms with Gasteiger partial charge in [-0.2, -0.15) is 0 Å². The van der Waals surface area contributed by atoms with E-state index in [0.717, 1.165) is 57.8 Å². The SMILES string of the molecule is CCCCC/C=C\C/C=C\C/C=C\C=C\[C@@H](O)CCCC(=O)OC[C@H](COP(=O)(O)OCC[N+](C)(C)C)OC(=O)CCCCCCC/C=C\CCCCCCCC. The molecule has 10 nitrogen and oxygen atoms in total. The summed E-state index contributed by atoms with van der Waals surface area (Å²) in [6.07, 6.45) is 41.6. The quantitative estimate of drug-likeness (QED) is 0.0155. The van der Waals surface area contributed by atoms with E-state index in [9.17, 15) is 24.2 Å². The fraction of sp³-hybridized carbons (Fsp3) is 0.739. The summed E-state index contributed by atoms with van der Waals surface area (Å²) in [5, 5.41) is 10.3. The molecule has 3 atom stereocenters. The number of allylic oxidation sites excluding steroid dienone is 9. The molecule has 11 heteroatoms. The van der Waals surface area contributed by atoms with Crippen LogP contribution in [-0.2, 0) is 32.7 Å². The first kappa shape index (κ1) is 54.7. The average Bonchev–Trinajstić information content (AvgIpc) is 3.15. The van der Waals surface area contributed by atoms with Crippen molar-refractivity contribution in [2.75, 3.05) is 47.5 Å². The molecular formula is C46H83NO9P+. The van der Waals surface area contributed by atoms with Crippen LogP contribution in [0.25, 0.3) is 0 Å². The first-order valence-electron chi connectivity index (χ1n) is 22.1. The number of nitrogens with zero attached hydrogens (tertiary/aromatic N) is 1. The number of carbonyl (C=O) groups is 2. The lowest BCUT2D eigenvalue weighted by Gasteiger charge is -2.24. The molecular weight excluding hydrogens is 741 g/mol. The van der Waals surface area contributed by atoms with E-state index in [0.29, 0.717) is 30.3 Å². The zero-order valence-electron chi connectivity index (χ0n) is 36.7. The van der Waals surface area contributed by atoms with E-state index in [1.54, 1.807) is 12.2 Å². The van der Waals surface area contributed by atoms with Gasteiger partial charge in [0, 0.05) is 12.8 Å². The first-order valence-corrected chi connectivity index (χ1v) is 23.6. The molecule has 0 rings (SSSR count). The zero-order chi connectivity index (χ0) is 42.3. The van der Waals surface area contributed by atoms with Crippen molar-refractivity contribution >= 4 is 19.8 Å². The number of carbonyl (C=O) groups excluding carboxylic acids is 2. The Hall–Kier alpha value is -2.33. The van der Waals surface area contributed by atoms with Crippen LogP contribution in [0.5, 0.6) is 0 Å². The number of phosphoric acid groups is 1. The number of rotatable bonds is 39. The van der Waals surface area contributed by atoms with Crippen molar-refractivity contribution in [3.8, 4) is 0 Å². The third kappa shape index (κ3) is 41.6. The maximum atomic E-state index is 12.7. The lowest BCUT2D eigenvalue weighted by atomic mass is 10.1. The number of phosphoric ester groups is 1. The second-order valence-corrected chi connectivity index (χ2v) is 17.4. The van der Waals surface area contributed by atoms with Crippen LogP contribution in [0, 0.1) is 0 Å². The molecule has 0 spiro atoms. The highest BCUT2D eigenvalue weighted by Crippen LogP contribution is 2.43. The fourth-order valence-corrected chi connectivity index (χ4v) is 6.32. The summed E-state index contributed by atoms with van der Waals surface area (Å²) in [4.78, 5) is 35.4. The summed E-state index contributed by atoms with van der Waals surface area (Å²) in [5.74, 6) is -1.01. The zero-order valence-corrected chi connectivity index (χ0v) is 37.6. The van der Waals surface area contributed by atoms with Gasteiger partial charge in [0.05, 0.1) is 33.9 Å². The third-order valence-electron chi connectivity index (χ3n) is 9.12. The minimum Gasteiger partial charge on any atom is -0.462 e. The second-order valence-electron chi connectivity index (χ2n) is 15.9. The molecule has 0 aliphatic rings. The fourth-order valence-electron chi connectivity index (χ4n) is 5.58. The van der Waals surface area contributed by atoms with Crippen molar-refractivity contribution in [2.45, 2.75) is 174 Å². The topological polar surface area (TPSA) is 129 Å². The van der Waals surface area contributed by atoms with Crippen LogP contribution in [0.15, 0.2) is 60.8 Å². The van der Waals surface area contributed by atoms with Crippen LogP contribution in [0.3, 0.4) is 0 Å². The van der Waals surface area contributed by atoms with Crippen LogP contribution in [-0.4, -0.2) is 86.1 Å². The molecule has 0 aromatic heterocycles. The molecule has 0 aliphatic carbocycles. The van der Waals surface area contributed by atoms with E-state index >= 15 is 0 Å². The number of unbranched alkanes of at least 4 members (excludes halogenated alkanes) is 14. The van der Waals surface area contributed by atoms with Crippen LogP contribution < -0.4 is 0 Å². The summed E-state index contributed by atoms with van der Waals surface area (Å²) in [6.45, 7) is 4.14.